The monoisotopic (exact) mass is 523 g/mol. The van der Waals surface area contributed by atoms with Crippen molar-refractivity contribution < 1.29 is 19.0 Å². The van der Waals surface area contributed by atoms with Gasteiger partial charge in [-0.05, 0) is 36.4 Å². The highest BCUT2D eigenvalue weighted by Gasteiger charge is 2.34. The Kier molecular flexibility index (Phi) is 7.32. The first kappa shape index (κ1) is 22.5. The molecule has 0 spiro atoms. The molecule has 0 saturated carbocycles. The lowest BCUT2D eigenvalue weighted by Gasteiger charge is -2.16. The van der Waals surface area contributed by atoms with E-state index in [9.17, 15) is 4.79 Å². The average molecular weight is 525 g/mol. The van der Waals surface area contributed by atoms with Crippen molar-refractivity contribution in [2.75, 3.05) is 25.7 Å². The Morgan fingerprint density at radius 1 is 1.27 bits per heavy atom. The summed E-state index contributed by atoms with van der Waals surface area (Å²) in [4.78, 5) is 15.0. The summed E-state index contributed by atoms with van der Waals surface area (Å²) < 4.78 is 17.4. The van der Waals surface area contributed by atoms with E-state index in [1.165, 1.54) is 30.9 Å². The summed E-state index contributed by atoms with van der Waals surface area (Å²) in [5.41, 5.74) is 1.19. The Morgan fingerprint density at radius 2 is 2.00 bits per heavy atom. The minimum Gasteiger partial charge on any atom is -0.495 e. The molecule has 1 fully saturated rings. The number of anilines is 1. The molecular weight excluding hydrogens is 510 g/mol. The highest BCUT2D eigenvalue weighted by molar-refractivity contribution is 9.10. The lowest BCUT2D eigenvalue weighted by atomic mass is 10.1. The summed E-state index contributed by atoms with van der Waals surface area (Å²) in [6, 6.07) is 8.61. The van der Waals surface area contributed by atoms with Gasteiger partial charge in [-0.2, -0.15) is 0 Å². The van der Waals surface area contributed by atoms with Crippen LogP contribution in [0.15, 0.2) is 39.7 Å². The van der Waals surface area contributed by atoms with Crippen molar-refractivity contribution in [1.29, 1.82) is 0 Å². The van der Waals surface area contributed by atoms with Gasteiger partial charge in [-0.3, -0.25) is 9.69 Å². The van der Waals surface area contributed by atoms with E-state index in [2.05, 4.69) is 21.9 Å². The predicted molar refractivity (Wildman–Crippen MR) is 129 cm³/mol. The molecule has 0 bridgehead atoms. The van der Waals surface area contributed by atoms with Crippen LogP contribution in [0.25, 0.3) is 6.08 Å². The number of halogens is 2. The highest BCUT2D eigenvalue weighted by Crippen LogP contribution is 2.41. The van der Waals surface area contributed by atoms with Gasteiger partial charge in [-0.25, -0.2) is 0 Å². The van der Waals surface area contributed by atoms with Crippen LogP contribution in [-0.2, 0) is 4.79 Å². The third-order valence-corrected chi connectivity index (χ3v) is 6.10. The van der Waals surface area contributed by atoms with Crippen molar-refractivity contribution in [3.63, 3.8) is 0 Å². The molecule has 0 atom stereocenters. The van der Waals surface area contributed by atoms with Crippen LogP contribution >= 0.6 is 51.5 Å². The molecule has 1 heterocycles. The highest BCUT2D eigenvalue weighted by atomic mass is 79.9. The summed E-state index contributed by atoms with van der Waals surface area (Å²) in [6.45, 7) is 0.0597. The molecule has 1 saturated heterocycles. The largest absolute Gasteiger partial charge is 0.495 e. The van der Waals surface area contributed by atoms with Gasteiger partial charge in [0.1, 0.15) is 12.4 Å². The Balaban J connectivity index is 2.01. The molecule has 2 aromatic carbocycles. The molecule has 154 valence electrons. The molecule has 5 nitrogen and oxygen atoms in total. The summed E-state index contributed by atoms with van der Waals surface area (Å²) >= 11 is 16.3. The van der Waals surface area contributed by atoms with Gasteiger partial charge in [0.2, 0.25) is 0 Å². The first-order valence-corrected chi connectivity index (χ1v) is 10.8. The topological polar surface area (TPSA) is 48.0 Å². The first-order valence-electron chi connectivity index (χ1n) is 8.45. The van der Waals surface area contributed by atoms with Crippen molar-refractivity contribution >= 4 is 73.5 Å². The zero-order valence-electron chi connectivity index (χ0n) is 15.9. The molecule has 30 heavy (non-hydrogen) atoms. The van der Waals surface area contributed by atoms with E-state index in [0.29, 0.717) is 42.7 Å². The van der Waals surface area contributed by atoms with Crippen LogP contribution in [0.1, 0.15) is 5.56 Å². The van der Waals surface area contributed by atoms with E-state index in [4.69, 9.17) is 44.5 Å². The minimum absolute atomic E-state index is 0.0597. The fourth-order valence-corrected chi connectivity index (χ4v) is 4.74. The lowest BCUT2D eigenvalue weighted by Crippen LogP contribution is -2.27. The van der Waals surface area contributed by atoms with Crippen molar-refractivity contribution in [3.8, 4) is 29.6 Å². The number of rotatable bonds is 6. The number of hydrogen-bond acceptors (Lipinski definition) is 6. The minimum atomic E-state index is -0.270. The average Bonchev–Trinajstić information content (AvgIpc) is 2.99. The van der Waals surface area contributed by atoms with Gasteiger partial charge in [0.05, 0.1) is 29.8 Å². The number of thioether (sulfide) groups is 1. The Hall–Kier alpha value is -2.18. The number of nitrogens with zero attached hydrogens (tertiary/aromatic N) is 1. The van der Waals surface area contributed by atoms with E-state index in [-0.39, 0.29) is 12.5 Å². The molecular formula is C21H15BrClNO4S2. The third-order valence-electron chi connectivity index (χ3n) is 4.04. The van der Waals surface area contributed by atoms with Crippen LogP contribution in [0.3, 0.4) is 0 Å². The molecule has 9 heteroatoms. The zero-order valence-corrected chi connectivity index (χ0v) is 19.9. The second kappa shape index (κ2) is 9.75. The lowest BCUT2D eigenvalue weighted by molar-refractivity contribution is -0.113. The summed E-state index contributed by atoms with van der Waals surface area (Å²) in [7, 11) is 3.05. The van der Waals surface area contributed by atoms with Gasteiger partial charge >= 0.3 is 0 Å². The fourth-order valence-electron chi connectivity index (χ4n) is 2.74. The van der Waals surface area contributed by atoms with Crippen molar-refractivity contribution in [1.82, 2.24) is 0 Å². The zero-order chi connectivity index (χ0) is 21.8. The Labute approximate surface area is 197 Å². The molecule has 0 aliphatic carbocycles. The molecule has 0 N–H and O–H groups in total. The summed E-state index contributed by atoms with van der Waals surface area (Å²) in [6.07, 6.45) is 7.02. The van der Waals surface area contributed by atoms with Gasteiger partial charge in [-0.1, -0.05) is 57.4 Å². The summed E-state index contributed by atoms with van der Waals surface area (Å²) in [5, 5.41) is 0.384. The number of amides is 1. The van der Waals surface area contributed by atoms with Gasteiger partial charge in [-0.15, -0.1) is 6.42 Å². The smallest absolute Gasteiger partial charge is 0.270 e. The van der Waals surface area contributed by atoms with Gasteiger partial charge < -0.3 is 14.2 Å². The second-order valence-electron chi connectivity index (χ2n) is 5.86. The van der Waals surface area contributed by atoms with E-state index in [1.54, 1.807) is 30.3 Å². The third kappa shape index (κ3) is 4.60. The maximum atomic E-state index is 13.1. The van der Waals surface area contributed by atoms with Crippen LogP contribution in [0, 0.1) is 12.3 Å². The van der Waals surface area contributed by atoms with Crippen molar-refractivity contribution in [2.45, 2.75) is 0 Å². The van der Waals surface area contributed by atoms with E-state index >= 15 is 0 Å². The van der Waals surface area contributed by atoms with Crippen LogP contribution in [-0.4, -0.2) is 31.1 Å². The van der Waals surface area contributed by atoms with Crippen molar-refractivity contribution in [3.05, 3.63) is 50.3 Å². The van der Waals surface area contributed by atoms with Gasteiger partial charge in [0.25, 0.3) is 5.91 Å². The number of carbonyl (C=O) groups excluding carboxylic acids is 1. The van der Waals surface area contributed by atoms with Crippen molar-refractivity contribution in [2.24, 2.45) is 0 Å². The predicted octanol–water partition coefficient (Wildman–Crippen LogP) is 5.54. The van der Waals surface area contributed by atoms with E-state index in [0.717, 1.165) is 4.47 Å². The number of ether oxygens (including phenoxy) is 3. The number of thiocarbonyl (C=S) groups is 1. The van der Waals surface area contributed by atoms with Gasteiger partial charge in [0, 0.05) is 10.0 Å². The fraction of sp³-hybridized carbons (Fsp3) is 0.143. The molecule has 0 unspecified atom stereocenters. The molecule has 1 aliphatic rings. The summed E-state index contributed by atoms with van der Waals surface area (Å²) in [5.74, 6) is 3.60. The molecule has 1 aliphatic heterocycles. The number of methoxy groups -OCH3 is 2. The van der Waals surface area contributed by atoms with E-state index in [1.807, 2.05) is 6.07 Å². The first-order chi connectivity index (χ1) is 14.4. The standard InChI is InChI=1S/C21H15BrClNO4S2/c1-4-7-28-19-12(8-13(22)10-17(19)27-3)9-18-20(25)24(21(29)30-18)14-5-6-16(26-2)15(23)11-14/h1,5-6,8-11H,7H2,2-3H3/b18-9+. The Morgan fingerprint density at radius 3 is 2.63 bits per heavy atom. The van der Waals surface area contributed by atoms with Crippen LogP contribution < -0.4 is 19.1 Å². The molecule has 3 rings (SSSR count). The number of carbonyl (C=O) groups is 1. The molecule has 2 aromatic rings. The Bertz CT molecular complexity index is 1100. The maximum Gasteiger partial charge on any atom is 0.270 e. The molecule has 0 radical (unpaired) electrons. The second-order valence-corrected chi connectivity index (χ2v) is 8.85. The number of terminal acetylenes is 1. The quantitative estimate of drug-likeness (QED) is 0.281. The molecule has 0 aromatic heterocycles. The number of hydrogen-bond donors (Lipinski definition) is 0. The van der Waals surface area contributed by atoms with Crippen LogP contribution in [0.2, 0.25) is 5.02 Å². The van der Waals surface area contributed by atoms with Gasteiger partial charge in [0.15, 0.2) is 15.8 Å². The van der Waals surface area contributed by atoms with E-state index < -0.39 is 0 Å². The molecule has 1 amide bonds. The van der Waals surface area contributed by atoms with Crippen LogP contribution in [0.4, 0.5) is 5.69 Å². The number of benzene rings is 2. The van der Waals surface area contributed by atoms with Crippen LogP contribution in [0.5, 0.6) is 17.2 Å². The normalized spacial score (nSPS) is 14.8. The SMILES string of the molecule is C#CCOc1c(/C=C2/SC(=S)N(c3ccc(OC)c(Cl)c3)C2=O)cc(Br)cc1OC. The maximum absolute atomic E-state index is 13.1.